The molecule has 120 valence electrons. The van der Waals surface area contributed by atoms with Gasteiger partial charge in [0.25, 0.3) is 0 Å². The van der Waals surface area contributed by atoms with E-state index in [1.54, 1.807) is 0 Å². The molecule has 0 bridgehead atoms. The summed E-state index contributed by atoms with van der Waals surface area (Å²) in [6, 6.07) is 10.3. The molecule has 10 heteroatoms. The minimum atomic E-state index is -4.67. The summed E-state index contributed by atoms with van der Waals surface area (Å²) in [5.74, 6) is 0.183. The second kappa shape index (κ2) is 8.42. The molecule has 1 heterocycles. The van der Waals surface area contributed by atoms with Gasteiger partial charge < -0.3 is 21.0 Å². The van der Waals surface area contributed by atoms with Crippen molar-refractivity contribution >= 4 is 22.0 Å². The van der Waals surface area contributed by atoms with Gasteiger partial charge in [0.2, 0.25) is 0 Å². The highest BCUT2D eigenvalue weighted by atomic mass is 32.3. The molecule has 0 aromatic heterocycles. The van der Waals surface area contributed by atoms with Crippen LogP contribution in [0.1, 0.15) is 0 Å². The monoisotopic (exact) mass is 320 g/mol. The standard InChI is InChI=1S/C11H16N4.H2O4S.H2O/c12-11(13)15-8-6-14(7-9-15)10-4-2-1-3-5-10;1-5(2,3)4;/h1-5H,6-9H2,(H3,12,13);(H2,1,2,3,4);1H2. The molecular formula is C11H20N4O5S. The maximum atomic E-state index is 8.74. The van der Waals surface area contributed by atoms with Crippen LogP contribution >= 0.6 is 0 Å². The first kappa shape index (κ1) is 19.1. The summed E-state index contributed by atoms with van der Waals surface area (Å²) >= 11 is 0. The van der Waals surface area contributed by atoms with E-state index < -0.39 is 10.4 Å². The quantitative estimate of drug-likeness (QED) is 0.300. The third-order valence-corrected chi connectivity index (χ3v) is 2.74. The molecule has 7 N–H and O–H groups in total. The number of piperazine rings is 1. The topological polar surface area (TPSA) is 162 Å². The second-order valence-corrected chi connectivity index (χ2v) is 5.04. The van der Waals surface area contributed by atoms with Crippen molar-refractivity contribution in [3.05, 3.63) is 30.3 Å². The lowest BCUT2D eigenvalue weighted by molar-refractivity contribution is 0.380. The van der Waals surface area contributed by atoms with Crippen molar-refractivity contribution in [1.82, 2.24) is 4.90 Å². The normalized spacial score (nSPS) is 14.6. The average molecular weight is 320 g/mol. The molecule has 0 atom stereocenters. The molecule has 0 saturated carbocycles. The van der Waals surface area contributed by atoms with Crippen LogP contribution in [0.25, 0.3) is 0 Å². The van der Waals surface area contributed by atoms with E-state index in [0.29, 0.717) is 0 Å². The van der Waals surface area contributed by atoms with Gasteiger partial charge in [0.15, 0.2) is 5.96 Å². The van der Waals surface area contributed by atoms with Gasteiger partial charge in [0, 0.05) is 31.9 Å². The number of benzene rings is 1. The van der Waals surface area contributed by atoms with Gasteiger partial charge >= 0.3 is 10.4 Å². The summed E-state index contributed by atoms with van der Waals surface area (Å²) in [7, 11) is -4.67. The first-order valence-corrected chi connectivity index (χ1v) is 7.26. The molecule has 1 aromatic rings. The summed E-state index contributed by atoms with van der Waals surface area (Å²) < 4.78 is 31.6. The highest BCUT2D eigenvalue weighted by Gasteiger charge is 2.17. The lowest BCUT2D eigenvalue weighted by atomic mass is 10.2. The van der Waals surface area contributed by atoms with Gasteiger partial charge in [-0.15, -0.1) is 0 Å². The molecule has 0 radical (unpaired) electrons. The van der Waals surface area contributed by atoms with Crippen LogP contribution in [0.5, 0.6) is 0 Å². The Bertz CT molecular complexity index is 521. The lowest BCUT2D eigenvalue weighted by Crippen LogP contribution is -2.50. The van der Waals surface area contributed by atoms with Gasteiger partial charge in [-0.25, -0.2) is 0 Å². The minimum absolute atomic E-state index is 0. The first-order chi connectivity index (χ1) is 9.27. The fourth-order valence-corrected chi connectivity index (χ4v) is 1.84. The van der Waals surface area contributed by atoms with Crippen molar-refractivity contribution < 1.29 is 23.0 Å². The van der Waals surface area contributed by atoms with Crippen LogP contribution in [0.15, 0.2) is 30.3 Å². The Morgan fingerprint density at radius 2 is 1.52 bits per heavy atom. The molecule has 0 amide bonds. The second-order valence-electron chi connectivity index (χ2n) is 4.14. The van der Waals surface area contributed by atoms with E-state index in [2.05, 4.69) is 17.0 Å². The predicted molar refractivity (Wildman–Crippen MR) is 79.9 cm³/mol. The zero-order chi connectivity index (χ0) is 15.2. The smallest absolute Gasteiger partial charge is 0.394 e. The van der Waals surface area contributed by atoms with Crippen LogP contribution in [0.2, 0.25) is 0 Å². The summed E-state index contributed by atoms with van der Waals surface area (Å²) in [6.45, 7) is 3.54. The van der Waals surface area contributed by atoms with Gasteiger partial charge in [-0.3, -0.25) is 14.5 Å². The number of nitrogens with zero attached hydrogens (tertiary/aromatic N) is 2. The van der Waals surface area contributed by atoms with Gasteiger partial charge in [0.1, 0.15) is 0 Å². The molecule has 1 saturated heterocycles. The van der Waals surface area contributed by atoms with E-state index in [9.17, 15) is 0 Å². The Kier molecular flexibility index (Phi) is 7.66. The van der Waals surface area contributed by atoms with Crippen molar-refractivity contribution in [2.45, 2.75) is 0 Å². The van der Waals surface area contributed by atoms with Crippen molar-refractivity contribution in [3.8, 4) is 0 Å². The van der Waals surface area contributed by atoms with Crippen LogP contribution in [0.3, 0.4) is 0 Å². The molecule has 0 spiro atoms. The average Bonchev–Trinajstić information content (AvgIpc) is 2.38. The van der Waals surface area contributed by atoms with Crippen molar-refractivity contribution in [2.24, 2.45) is 5.73 Å². The summed E-state index contributed by atoms with van der Waals surface area (Å²) in [4.78, 5) is 4.22. The molecule has 0 unspecified atom stereocenters. The molecule has 1 aliphatic heterocycles. The van der Waals surface area contributed by atoms with Crippen LogP contribution in [-0.2, 0) is 10.4 Å². The lowest BCUT2D eigenvalue weighted by Gasteiger charge is -2.36. The molecule has 0 aliphatic carbocycles. The van der Waals surface area contributed by atoms with E-state index in [1.807, 2.05) is 23.1 Å². The van der Waals surface area contributed by atoms with Crippen LogP contribution in [0, 0.1) is 5.41 Å². The maximum Gasteiger partial charge on any atom is 0.394 e. The molecule has 21 heavy (non-hydrogen) atoms. The van der Waals surface area contributed by atoms with Crippen molar-refractivity contribution in [3.63, 3.8) is 0 Å². The van der Waals surface area contributed by atoms with Gasteiger partial charge in [-0.2, -0.15) is 8.42 Å². The fourth-order valence-electron chi connectivity index (χ4n) is 1.84. The number of para-hydroxylation sites is 1. The predicted octanol–water partition coefficient (Wildman–Crippen LogP) is -0.775. The largest absolute Gasteiger partial charge is 0.412 e. The third kappa shape index (κ3) is 8.09. The first-order valence-electron chi connectivity index (χ1n) is 5.86. The number of nitrogens with one attached hydrogen (secondary N) is 1. The van der Waals surface area contributed by atoms with Crippen molar-refractivity contribution in [1.29, 1.82) is 5.41 Å². The molecular weight excluding hydrogens is 300 g/mol. The number of hydrogen-bond acceptors (Lipinski definition) is 4. The molecule has 1 aromatic carbocycles. The Hall–Kier alpha value is -1.88. The fraction of sp³-hybridized carbons (Fsp3) is 0.364. The van der Waals surface area contributed by atoms with Crippen LogP contribution < -0.4 is 10.6 Å². The SMILES string of the molecule is N=C(N)N1CCN(c2ccccc2)CC1.O.O=S(=O)(O)O. The Balaban J connectivity index is 0.000000583. The number of hydrogen-bond donors (Lipinski definition) is 4. The number of guanidine groups is 1. The summed E-state index contributed by atoms with van der Waals surface area (Å²) in [5, 5.41) is 7.34. The van der Waals surface area contributed by atoms with Crippen molar-refractivity contribution in [2.75, 3.05) is 31.1 Å². The van der Waals surface area contributed by atoms with Crippen LogP contribution in [0.4, 0.5) is 5.69 Å². The molecule has 9 nitrogen and oxygen atoms in total. The number of nitrogens with two attached hydrogens (primary N) is 1. The summed E-state index contributed by atoms with van der Waals surface area (Å²) in [5.41, 5.74) is 6.69. The molecule has 2 rings (SSSR count). The van der Waals surface area contributed by atoms with Crippen LogP contribution in [-0.4, -0.2) is 60.0 Å². The zero-order valence-corrected chi connectivity index (χ0v) is 12.1. The van der Waals surface area contributed by atoms with E-state index in [1.165, 1.54) is 5.69 Å². The zero-order valence-electron chi connectivity index (χ0n) is 11.3. The molecule has 1 aliphatic rings. The van der Waals surface area contributed by atoms with E-state index >= 15 is 0 Å². The highest BCUT2D eigenvalue weighted by Crippen LogP contribution is 2.14. The van der Waals surface area contributed by atoms with E-state index in [0.717, 1.165) is 26.2 Å². The van der Waals surface area contributed by atoms with Gasteiger partial charge in [-0.1, -0.05) is 18.2 Å². The van der Waals surface area contributed by atoms with E-state index in [-0.39, 0.29) is 11.4 Å². The Morgan fingerprint density at radius 1 is 1.10 bits per heavy atom. The highest BCUT2D eigenvalue weighted by molar-refractivity contribution is 7.79. The minimum Gasteiger partial charge on any atom is -0.412 e. The number of rotatable bonds is 1. The third-order valence-electron chi connectivity index (χ3n) is 2.74. The Morgan fingerprint density at radius 3 is 1.90 bits per heavy atom. The maximum absolute atomic E-state index is 8.74. The van der Waals surface area contributed by atoms with Gasteiger partial charge in [0.05, 0.1) is 0 Å². The molecule has 1 fully saturated rings. The number of anilines is 1. The van der Waals surface area contributed by atoms with Gasteiger partial charge in [-0.05, 0) is 12.1 Å². The Labute approximate surface area is 123 Å². The van der Waals surface area contributed by atoms with E-state index in [4.69, 9.17) is 28.7 Å². The summed E-state index contributed by atoms with van der Waals surface area (Å²) in [6.07, 6.45) is 0.